The number of H-pyrrole nitrogens is 1. The Labute approximate surface area is 178 Å². The maximum Gasteiger partial charge on any atom is 0.336 e. The van der Waals surface area contributed by atoms with E-state index in [9.17, 15) is 9.59 Å². The zero-order valence-corrected chi connectivity index (χ0v) is 17.3. The Bertz CT molecular complexity index is 1390. The minimum atomic E-state index is -0.997. The number of rotatable bonds is 4. The molecule has 0 bridgehead atoms. The first kappa shape index (κ1) is 19.3. The number of benzene rings is 2. The standard InChI is InChI=1S/C25H22N2O4/c1-25(2)24(29)18(14-26-12-11-16-13-27-19-6-4-3-5-17(16)19)22-20(31-25)9-7-15-8-10-21(28)30-23(15)22/h3-10,13-14,18,27H,11-12H2,1-2H3/t18-/m1/s1. The molecule has 2 aromatic heterocycles. The first-order valence-corrected chi connectivity index (χ1v) is 10.3. The molecule has 3 heterocycles. The van der Waals surface area contributed by atoms with E-state index in [0.29, 0.717) is 23.4 Å². The van der Waals surface area contributed by atoms with Crippen LogP contribution in [0.1, 0.15) is 30.9 Å². The number of para-hydroxylation sites is 1. The quantitative estimate of drug-likeness (QED) is 0.396. The fourth-order valence-corrected chi connectivity index (χ4v) is 4.20. The molecule has 0 aliphatic carbocycles. The zero-order valence-electron chi connectivity index (χ0n) is 17.3. The largest absolute Gasteiger partial charge is 0.480 e. The van der Waals surface area contributed by atoms with Gasteiger partial charge in [-0.3, -0.25) is 9.79 Å². The van der Waals surface area contributed by atoms with Crippen LogP contribution in [0.5, 0.6) is 5.75 Å². The van der Waals surface area contributed by atoms with Crippen molar-refractivity contribution in [3.05, 3.63) is 76.3 Å². The van der Waals surface area contributed by atoms with Crippen molar-refractivity contribution < 1.29 is 13.9 Å². The van der Waals surface area contributed by atoms with Crippen molar-refractivity contribution in [3.63, 3.8) is 0 Å². The van der Waals surface area contributed by atoms with Crippen LogP contribution < -0.4 is 10.4 Å². The van der Waals surface area contributed by atoms with Gasteiger partial charge in [0.05, 0.1) is 11.5 Å². The monoisotopic (exact) mass is 414 g/mol. The molecule has 1 atom stereocenters. The molecular formula is C25H22N2O4. The minimum Gasteiger partial charge on any atom is -0.480 e. The van der Waals surface area contributed by atoms with Gasteiger partial charge in [-0.2, -0.15) is 0 Å². The predicted molar refractivity (Wildman–Crippen MR) is 120 cm³/mol. The van der Waals surface area contributed by atoms with Crippen LogP contribution in [-0.4, -0.2) is 29.1 Å². The number of aromatic amines is 1. The van der Waals surface area contributed by atoms with E-state index in [-0.39, 0.29) is 5.78 Å². The average Bonchev–Trinajstić information content (AvgIpc) is 3.16. The van der Waals surface area contributed by atoms with Gasteiger partial charge >= 0.3 is 5.63 Å². The summed E-state index contributed by atoms with van der Waals surface area (Å²) in [7, 11) is 0. The number of hydrogen-bond acceptors (Lipinski definition) is 5. The molecule has 0 saturated heterocycles. The molecule has 1 aliphatic heterocycles. The summed E-state index contributed by atoms with van der Waals surface area (Å²) in [6.07, 6.45) is 4.42. The highest BCUT2D eigenvalue weighted by Gasteiger charge is 2.43. The fourth-order valence-electron chi connectivity index (χ4n) is 4.20. The number of nitrogens with one attached hydrogen (secondary N) is 1. The Morgan fingerprint density at radius 3 is 2.77 bits per heavy atom. The third-order valence-corrected chi connectivity index (χ3v) is 5.78. The number of nitrogens with zero attached hydrogens (tertiary/aromatic N) is 1. The van der Waals surface area contributed by atoms with Crippen molar-refractivity contribution in [1.29, 1.82) is 0 Å². The Hall–Kier alpha value is -3.67. The van der Waals surface area contributed by atoms with Crippen molar-refractivity contribution >= 4 is 33.9 Å². The maximum atomic E-state index is 13.2. The van der Waals surface area contributed by atoms with Gasteiger partial charge in [0, 0.05) is 41.3 Å². The first-order valence-electron chi connectivity index (χ1n) is 10.3. The van der Waals surface area contributed by atoms with Crippen LogP contribution in [0.15, 0.2) is 68.9 Å². The molecule has 6 heteroatoms. The van der Waals surface area contributed by atoms with Crippen molar-refractivity contribution in [3.8, 4) is 5.75 Å². The molecule has 0 saturated carbocycles. The second-order valence-corrected chi connectivity index (χ2v) is 8.27. The van der Waals surface area contributed by atoms with Gasteiger partial charge in [-0.25, -0.2) is 4.79 Å². The fraction of sp³-hybridized carbons (Fsp3) is 0.240. The Morgan fingerprint density at radius 1 is 1.10 bits per heavy atom. The summed E-state index contributed by atoms with van der Waals surface area (Å²) < 4.78 is 11.4. The molecule has 6 nitrogen and oxygen atoms in total. The van der Waals surface area contributed by atoms with Gasteiger partial charge in [0.1, 0.15) is 11.3 Å². The number of carbonyl (C=O) groups is 1. The molecule has 31 heavy (non-hydrogen) atoms. The van der Waals surface area contributed by atoms with Gasteiger partial charge in [0.15, 0.2) is 11.4 Å². The Balaban J connectivity index is 1.48. The summed E-state index contributed by atoms with van der Waals surface area (Å²) in [6.45, 7) is 4.03. The third kappa shape index (κ3) is 3.34. The van der Waals surface area contributed by atoms with Crippen LogP contribution in [-0.2, 0) is 11.2 Å². The molecule has 1 N–H and O–H groups in total. The summed E-state index contributed by atoms with van der Waals surface area (Å²) in [4.78, 5) is 32.9. The van der Waals surface area contributed by atoms with E-state index >= 15 is 0 Å². The molecule has 0 spiro atoms. The molecule has 1 aliphatic rings. The van der Waals surface area contributed by atoms with E-state index in [1.807, 2.05) is 36.5 Å². The lowest BCUT2D eigenvalue weighted by Gasteiger charge is -2.34. The topological polar surface area (TPSA) is 84.7 Å². The molecule has 4 aromatic rings. The van der Waals surface area contributed by atoms with E-state index in [1.165, 1.54) is 17.0 Å². The van der Waals surface area contributed by atoms with Gasteiger partial charge in [-0.05, 0) is 50.1 Å². The first-order chi connectivity index (χ1) is 14.9. The van der Waals surface area contributed by atoms with E-state index in [2.05, 4.69) is 16.0 Å². The number of ketones is 1. The lowest BCUT2D eigenvalue weighted by atomic mass is 9.83. The van der Waals surface area contributed by atoms with Crippen LogP contribution in [0.25, 0.3) is 21.9 Å². The molecule has 0 amide bonds. The predicted octanol–water partition coefficient (Wildman–Crippen LogP) is 4.41. The second-order valence-electron chi connectivity index (χ2n) is 8.27. The van der Waals surface area contributed by atoms with Crippen LogP contribution in [0.3, 0.4) is 0 Å². The van der Waals surface area contributed by atoms with Gasteiger partial charge in [-0.15, -0.1) is 0 Å². The smallest absolute Gasteiger partial charge is 0.336 e. The molecular weight excluding hydrogens is 392 g/mol. The summed E-state index contributed by atoms with van der Waals surface area (Å²) >= 11 is 0. The minimum absolute atomic E-state index is 0.116. The number of aliphatic imine (C=N–C) groups is 1. The normalized spacial score (nSPS) is 17.9. The second kappa shape index (κ2) is 7.23. The SMILES string of the molecule is CC1(C)Oc2ccc3ccc(=O)oc3c2[C@@H](C=NCCc2c[nH]c3ccccc23)C1=O. The summed E-state index contributed by atoms with van der Waals surface area (Å²) in [5.41, 5.74) is 1.76. The zero-order chi connectivity index (χ0) is 21.6. The number of aromatic nitrogens is 1. The van der Waals surface area contributed by atoms with Crippen molar-refractivity contribution in [1.82, 2.24) is 4.98 Å². The molecule has 2 aromatic carbocycles. The molecule has 5 rings (SSSR count). The number of hydrogen-bond donors (Lipinski definition) is 1. The van der Waals surface area contributed by atoms with E-state index in [0.717, 1.165) is 17.3 Å². The summed E-state index contributed by atoms with van der Waals surface area (Å²) in [5, 5.41) is 1.92. The van der Waals surface area contributed by atoms with Crippen molar-refractivity contribution in [2.24, 2.45) is 4.99 Å². The third-order valence-electron chi connectivity index (χ3n) is 5.78. The molecule has 0 radical (unpaired) electrons. The Morgan fingerprint density at radius 2 is 1.90 bits per heavy atom. The number of fused-ring (bicyclic) bond motifs is 4. The highest BCUT2D eigenvalue weighted by Crippen LogP contribution is 2.41. The number of carbonyl (C=O) groups excluding carboxylic acids is 1. The number of Topliss-reactive ketones (excluding diaryl/α,β-unsaturated/α-hetero) is 1. The highest BCUT2D eigenvalue weighted by molar-refractivity contribution is 6.09. The van der Waals surface area contributed by atoms with Crippen LogP contribution in [0, 0.1) is 0 Å². The Kier molecular flexibility index (Phi) is 4.50. The van der Waals surface area contributed by atoms with E-state index < -0.39 is 17.1 Å². The summed E-state index contributed by atoms with van der Waals surface area (Å²) in [6, 6.07) is 14.8. The lowest BCUT2D eigenvalue weighted by Crippen LogP contribution is -2.45. The summed E-state index contributed by atoms with van der Waals surface area (Å²) in [5.74, 6) is -0.217. The number of ether oxygens (including phenoxy) is 1. The van der Waals surface area contributed by atoms with E-state index in [1.54, 1.807) is 26.1 Å². The molecule has 156 valence electrons. The van der Waals surface area contributed by atoms with Crippen LogP contribution in [0.2, 0.25) is 0 Å². The average molecular weight is 414 g/mol. The molecule has 0 fully saturated rings. The van der Waals surface area contributed by atoms with Gasteiger partial charge in [-0.1, -0.05) is 18.2 Å². The van der Waals surface area contributed by atoms with E-state index in [4.69, 9.17) is 9.15 Å². The van der Waals surface area contributed by atoms with Gasteiger partial charge < -0.3 is 14.1 Å². The van der Waals surface area contributed by atoms with Crippen LogP contribution in [0.4, 0.5) is 0 Å². The van der Waals surface area contributed by atoms with Crippen LogP contribution >= 0.6 is 0 Å². The van der Waals surface area contributed by atoms with Gasteiger partial charge in [0.2, 0.25) is 0 Å². The highest BCUT2D eigenvalue weighted by atomic mass is 16.5. The van der Waals surface area contributed by atoms with Crippen molar-refractivity contribution in [2.45, 2.75) is 31.8 Å². The molecule has 0 unspecified atom stereocenters. The maximum absolute atomic E-state index is 13.2. The van der Waals surface area contributed by atoms with Crippen molar-refractivity contribution in [2.75, 3.05) is 6.54 Å². The van der Waals surface area contributed by atoms with Gasteiger partial charge in [0.25, 0.3) is 0 Å². The lowest BCUT2D eigenvalue weighted by molar-refractivity contribution is -0.133.